The fourth-order valence-electron chi connectivity index (χ4n) is 1.47. The maximum Gasteiger partial charge on any atom is 0.217 e. The van der Waals surface area contributed by atoms with Gasteiger partial charge in [-0.2, -0.15) is 0 Å². The molecule has 14 heavy (non-hydrogen) atoms. The maximum absolute atomic E-state index is 10.7. The van der Waals surface area contributed by atoms with Gasteiger partial charge in [-0.05, 0) is 0 Å². The second-order valence-corrected chi connectivity index (χ2v) is 3.35. The van der Waals surface area contributed by atoms with Gasteiger partial charge in [0.05, 0.1) is 19.3 Å². The van der Waals surface area contributed by atoms with Crippen molar-refractivity contribution in [2.75, 3.05) is 13.2 Å². The van der Waals surface area contributed by atoms with Crippen molar-refractivity contribution >= 4 is 5.91 Å². The molecule has 0 aromatic rings. The number of hydrogen-bond donors (Lipinski definition) is 4. The van der Waals surface area contributed by atoms with Crippen LogP contribution in [0.5, 0.6) is 0 Å². The number of carbonyl (C=O) groups excluding carboxylic acids is 1. The normalized spacial score (nSPS) is 34.1. The van der Waals surface area contributed by atoms with E-state index in [1.807, 2.05) is 0 Å². The van der Waals surface area contributed by atoms with Crippen LogP contribution in [0, 0.1) is 0 Å². The highest BCUT2D eigenvalue weighted by molar-refractivity contribution is 5.73. The van der Waals surface area contributed by atoms with E-state index in [9.17, 15) is 15.0 Å². The van der Waals surface area contributed by atoms with Gasteiger partial charge in [0.15, 0.2) is 0 Å². The summed E-state index contributed by atoms with van der Waals surface area (Å²) in [6.45, 7) is 1.000. The number of rotatable bonds is 3. The minimum atomic E-state index is -1.12. The molecule has 1 saturated heterocycles. The fraction of sp³-hybridized carbons (Fsp3) is 0.875. The molecule has 1 aliphatic heterocycles. The van der Waals surface area contributed by atoms with E-state index < -0.39 is 31.0 Å². The zero-order valence-corrected chi connectivity index (χ0v) is 7.88. The molecule has 0 aromatic carbocycles. The topological polar surface area (TPSA) is 99.0 Å². The van der Waals surface area contributed by atoms with Crippen LogP contribution in [-0.4, -0.2) is 58.8 Å². The molecule has 6 nitrogen and oxygen atoms in total. The van der Waals surface area contributed by atoms with Crippen LogP contribution < -0.4 is 5.32 Å². The van der Waals surface area contributed by atoms with Crippen molar-refractivity contribution in [1.82, 2.24) is 5.32 Å². The SMILES string of the molecule is CC(=O)N[C@H]1CO[C@H]([C@H](O)CO)[C@@H]1O. The van der Waals surface area contributed by atoms with Crippen LogP contribution in [0.15, 0.2) is 0 Å². The molecule has 1 fully saturated rings. The van der Waals surface area contributed by atoms with E-state index in [0.29, 0.717) is 0 Å². The van der Waals surface area contributed by atoms with E-state index in [2.05, 4.69) is 5.32 Å². The van der Waals surface area contributed by atoms with Crippen molar-refractivity contribution in [3.05, 3.63) is 0 Å². The van der Waals surface area contributed by atoms with Crippen molar-refractivity contribution in [2.24, 2.45) is 0 Å². The molecule has 4 N–H and O–H groups in total. The minimum Gasteiger partial charge on any atom is -0.394 e. The van der Waals surface area contributed by atoms with Crippen LogP contribution in [0.25, 0.3) is 0 Å². The Bertz CT molecular complexity index is 210. The quantitative estimate of drug-likeness (QED) is 0.412. The summed E-state index contributed by atoms with van der Waals surface area (Å²) in [5.74, 6) is -0.267. The van der Waals surface area contributed by atoms with Crippen LogP contribution in [0.4, 0.5) is 0 Å². The predicted octanol–water partition coefficient (Wildman–Crippen LogP) is -2.40. The highest BCUT2D eigenvalue weighted by Gasteiger charge is 2.40. The Morgan fingerprint density at radius 2 is 2.36 bits per heavy atom. The average molecular weight is 205 g/mol. The van der Waals surface area contributed by atoms with Crippen LogP contribution in [0.2, 0.25) is 0 Å². The number of amides is 1. The Morgan fingerprint density at radius 3 is 2.86 bits per heavy atom. The van der Waals surface area contributed by atoms with E-state index in [1.165, 1.54) is 6.92 Å². The second kappa shape index (κ2) is 4.70. The standard InChI is InChI=1S/C8H15NO5/c1-4(11)9-5-3-14-8(7(5)13)6(12)2-10/h5-8,10,12-13H,2-3H2,1H3,(H,9,11)/t5-,6+,7+,8+/m0/s1. The average Bonchev–Trinajstić information content (AvgIpc) is 2.46. The molecule has 1 heterocycles. The van der Waals surface area contributed by atoms with Crippen molar-refractivity contribution in [3.8, 4) is 0 Å². The van der Waals surface area contributed by atoms with Gasteiger partial charge in [0.1, 0.15) is 18.3 Å². The number of ether oxygens (including phenoxy) is 1. The van der Waals surface area contributed by atoms with E-state index in [-0.39, 0.29) is 12.5 Å². The van der Waals surface area contributed by atoms with Crippen molar-refractivity contribution < 1.29 is 24.9 Å². The molecular formula is C8H15NO5. The molecule has 82 valence electrons. The first-order valence-electron chi connectivity index (χ1n) is 4.42. The van der Waals surface area contributed by atoms with Gasteiger partial charge >= 0.3 is 0 Å². The van der Waals surface area contributed by atoms with Gasteiger partial charge in [-0.15, -0.1) is 0 Å². The Labute approximate surface area is 81.5 Å². The zero-order chi connectivity index (χ0) is 10.7. The van der Waals surface area contributed by atoms with Gasteiger partial charge in [0.2, 0.25) is 5.91 Å². The molecule has 0 radical (unpaired) electrons. The summed E-state index contributed by atoms with van der Waals surface area (Å²) in [6, 6.07) is -0.515. The van der Waals surface area contributed by atoms with Crippen LogP contribution in [0.3, 0.4) is 0 Å². The smallest absolute Gasteiger partial charge is 0.217 e. The summed E-state index contributed by atoms with van der Waals surface area (Å²) in [6.07, 6.45) is -2.94. The first-order chi connectivity index (χ1) is 6.56. The first kappa shape index (κ1) is 11.4. The lowest BCUT2D eigenvalue weighted by Gasteiger charge is -2.20. The molecule has 1 aliphatic rings. The third-order valence-corrected chi connectivity index (χ3v) is 2.17. The molecule has 1 rings (SSSR count). The predicted molar refractivity (Wildman–Crippen MR) is 46.4 cm³/mol. The van der Waals surface area contributed by atoms with Crippen molar-refractivity contribution in [1.29, 1.82) is 0 Å². The van der Waals surface area contributed by atoms with Crippen molar-refractivity contribution in [2.45, 2.75) is 31.3 Å². The first-order valence-corrected chi connectivity index (χ1v) is 4.42. The van der Waals surface area contributed by atoms with Gasteiger partial charge in [-0.1, -0.05) is 0 Å². The number of nitrogens with one attached hydrogen (secondary N) is 1. The molecule has 4 atom stereocenters. The number of carbonyl (C=O) groups is 1. The van der Waals surface area contributed by atoms with Gasteiger partial charge in [0, 0.05) is 6.92 Å². The summed E-state index contributed by atoms with van der Waals surface area (Å²) in [7, 11) is 0. The largest absolute Gasteiger partial charge is 0.394 e. The molecule has 6 heteroatoms. The lowest BCUT2D eigenvalue weighted by atomic mass is 10.1. The molecule has 0 aliphatic carbocycles. The molecule has 1 amide bonds. The van der Waals surface area contributed by atoms with E-state index >= 15 is 0 Å². The van der Waals surface area contributed by atoms with Gasteiger partial charge < -0.3 is 25.4 Å². The Balaban J connectivity index is 2.50. The van der Waals surface area contributed by atoms with E-state index in [4.69, 9.17) is 9.84 Å². The van der Waals surface area contributed by atoms with Crippen LogP contribution >= 0.6 is 0 Å². The second-order valence-electron chi connectivity index (χ2n) is 3.35. The monoisotopic (exact) mass is 205 g/mol. The van der Waals surface area contributed by atoms with E-state index in [1.54, 1.807) is 0 Å². The molecular weight excluding hydrogens is 190 g/mol. The summed E-state index contributed by atoms with van der Waals surface area (Å²) >= 11 is 0. The number of hydrogen-bond acceptors (Lipinski definition) is 5. The Hall–Kier alpha value is -0.690. The Morgan fingerprint density at radius 1 is 1.71 bits per heavy atom. The summed E-state index contributed by atoms with van der Waals surface area (Å²) in [5.41, 5.74) is 0. The van der Waals surface area contributed by atoms with Crippen LogP contribution in [0.1, 0.15) is 6.92 Å². The molecule has 0 unspecified atom stereocenters. The van der Waals surface area contributed by atoms with Gasteiger partial charge in [-0.3, -0.25) is 4.79 Å². The molecule has 0 bridgehead atoms. The van der Waals surface area contributed by atoms with Crippen LogP contribution in [-0.2, 0) is 9.53 Å². The summed E-state index contributed by atoms with van der Waals surface area (Å²) in [4.78, 5) is 10.7. The third kappa shape index (κ3) is 2.42. The van der Waals surface area contributed by atoms with Gasteiger partial charge in [-0.25, -0.2) is 0 Å². The summed E-state index contributed by atoms with van der Waals surface area (Å²) in [5, 5.41) is 30.0. The summed E-state index contributed by atoms with van der Waals surface area (Å²) < 4.78 is 5.06. The molecule has 0 spiro atoms. The van der Waals surface area contributed by atoms with Crippen molar-refractivity contribution in [3.63, 3.8) is 0 Å². The van der Waals surface area contributed by atoms with E-state index in [0.717, 1.165) is 0 Å². The highest BCUT2D eigenvalue weighted by Crippen LogP contribution is 2.17. The fourth-order valence-corrected chi connectivity index (χ4v) is 1.47. The maximum atomic E-state index is 10.7. The molecule has 0 aromatic heterocycles. The highest BCUT2D eigenvalue weighted by atomic mass is 16.5. The lowest BCUT2D eigenvalue weighted by Crippen LogP contribution is -2.46. The zero-order valence-electron chi connectivity index (χ0n) is 7.88. The minimum absolute atomic E-state index is 0.141. The molecule has 0 saturated carbocycles. The Kier molecular flexibility index (Phi) is 3.82. The number of aliphatic hydroxyl groups excluding tert-OH is 3. The number of aliphatic hydroxyl groups is 3. The lowest BCUT2D eigenvalue weighted by molar-refractivity contribution is -0.120. The van der Waals surface area contributed by atoms with Gasteiger partial charge in [0.25, 0.3) is 0 Å². The third-order valence-electron chi connectivity index (χ3n) is 2.17.